The molecule has 0 fully saturated rings. The standard InChI is InChI=1S/C10H10N2O2S/c1-4-12-9(14)7(3)15-10(12)8(5-11)6(2)13/h3-4H2,1-2H3/b10-8-. The molecule has 0 unspecified atom stereocenters. The molecule has 0 radical (unpaired) electrons. The number of carbonyl (C=O) groups excluding carboxylic acids is 1. The molecule has 15 heavy (non-hydrogen) atoms. The summed E-state index contributed by atoms with van der Waals surface area (Å²) in [7, 11) is 0. The SMILES string of the molecule is C=c1s/c(=C(/C#N)C(C)=O)n(CC)c1=O. The Morgan fingerprint density at radius 3 is 2.67 bits per heavy atom. The molecule has 1 aromatic rings. The summed E-state index contributed by atoms with van der Waals surface area (Å²) in [5.41, 5.74) is -0.208. The second-order valence-corrected chi connectivity index (χ2v) is 4.01. The number of carbonyl (C=O) groups is 1. The first-order valence-corrected chi connectivity index (χ1v) is 5.18. The zero-order chi connectivity index (χ0) is 11.6. The molecule has 0 amide bonds. The van der Waals surface area contributed by atoms with Crippen LogP contribution in [0.3, 0.4) is 0 Å². The van der Waals surface area contributed by atoms with Crippen molar-refractivity contribution in [3.8, 4) is 6.07 Å². The highest BCUT2D eigenvalue weighted by atomic mass is 32.1. The highest BCUT2D eigenvalue weighted by Gasteiger charge is 2.10. The predicted octanol–water partition coefficient (Wildman–Crippen LogP) is -0.397. The third kappa shape index (κ3) is 1.90. The van der Waals surface area contributed by atoms with Crippen LogP contribution in [0.5, 0.6) is 0 Å². The average Bonchev–Trinajstić information content (AvgIpc) is 2.44. The van der Waals surface area contributed by atoms with E-state index in [0.29, 0.717) is 15.7 Å². The van der Waals surface area contributed by atoms with E-state index >= 15 is 0 Å². The lowest BCUT2D eigenvalue weighted by Crippen LogP contribution is -2.31. The van der Waals surface area contributed by atoms with Crippen LogP contribution < -0.4 is 14.8 Å². The molecule has 1 rings (SSSR count). The Morgan fingerprint density at radius 1 is 1.67 bits per heavy atom. The minimum absolute atomic E-state index is 0.0221. The quantitative estimate of drug-likeness (QED) is 0.684. The van der Waals surface area contributed by atoms with Crippen LogP contribution >= 0.6 is 11.3 Å². The van der Waals surface area contributed by atoms with Gasteiger partial charge in [-0.1, -0.05) is 6.58 Å². The number of nitriles is 1. The summed E-state index contributed by atoms with van der Waals surface area (Å²) in [4.78, 5) is 22.7. The number of thiazole rings is 1. The highest BCUT2D eigenvalue weighted by Crippen LogP contribution is 1.92. The minimum atomic E-state index is -0.332. The van der Waals surface area contributed by atoms with Crippen LogP contribution in [0.2, 0.25) is 0 Å². The Bertz CT molecular complexity index is 601. The summed E-state index contributed by atoms with van der Waals surface area (Å²) in [6.45, 7) is 7.10. The average molecular weight is 222 g/mol. The van der Waals surface area contributed by atoms with Gasteiger partial charge in [0.2, 0.25) is 0 Å². The fourth-order valence-electron chi connectivity index (χ4n) is 1.21. The summed E-state index contributed by atoms with van der Waals surface area (Å²) < 4.78 is 2.15. The molecule has 0 bridgehead atoms. The lowest BCUT2D eigenvalue weighted by atomic mass is 10.2. The Morgan fingerprint density at radius 2 is 2.27 bits per heavy atom. The first kappa shape index (κ1) is 11.4. The molecule has 0 aliphatic carbocycles. The predicted molar refractivity (Wildman–Crippen MR) is 58.7 cm³/mol. The molecule has 0 saturated heterocycles. The summed E-state index contributed by atoms with van der Waals surface area (Å²) in [5.74, 6) is -0.332. The molecule has 0 aromatic carbocycles. The summed E-state index contributed by atoms with van der Waals surface area (Å²) in [6, 6.07) is 1.82. The van der Waals surface area contributed by atoms with Gasteiger partial charge in [-0.25, -0.2) is 0 Å². The Hall–Kier alpha value is -1.67. The van der Waals surface area contributed by atoms with E-state index in [1.165, 1.54) is 11.5 Å². The number of ketones is 1. The monoisotopic (exact) mass is 222 g/mol. The molecule has 0 aliphatic heterocycles. The molecule has 1 aromatic heterocycles. The maximum atomic E-state index is 11.5. The number of hydrogen-bond acceptors (Lipinski definition) is 4. The van der Waals surface area contributed by atoms with Crippen molar-refractivity contribution in [1.82, 2.24) is 4.57 Å². The molecule has 78 valence electrons. The molecule has 1 heterocycles. The van der Waals surface area contributed by atoms with Crippen LogP contribution in [-0.4, -0.2) is 10.4 Å². The molecule has 4 nitrogen and oxygen atoms in total. The van der Waals surface area contributed by atoms with Gasteiger partial charge in [-0.05, 0) is 13.8 Å². The second-order valence-electron chi connectivity index (χ2n) is 2.92. The van der Waals surface area contributed by atoms with Crippen molar-refractivity contribution < 1.29 is 4.79 Å². The third-order valence-corrected chi connectivity index (χ3v) is 2.98. The molecule has 5 heteroatoms. The van der Waals surface area contributed by atoms with E-state index < -0.39 is 0 Å². The van der Waals surface area contributed by atoms with Gasteiger partial charge in [-0.2, -0.15) is 5.26 Å². The van der Waals surface area contributed by atoms with Crippen LogP contribution in [0.4, 0.5) is 0 Å². The van der Waals surface area contributed by atoms with Crippen LogP contribution in [0.25, 0.3) is 12.2 Å². The normalized spacial score (nSPS) is 12.1. The second kappa shape index (κ2) is 4.24. The van der Waals surface area contributed by atoms with Crippen molar-refractivity contribution in [2.75, 3.05) is 0 Å². The number of nitrogens with zero attached hydrogens (tertiary/aromatic N) is 2. The van der Waals surface area contributed by atoms with Crippen LogP contribution in [0.1, 0.15) is 13.8 Å². The van der Waals surface area contributed by atoms with E-state index in [9.17, 15) is 9.59 Å². The first-order valence-electron chi connectivity index (χ1n) is 4.36. The lowest BCUT2D eigenvalue weighted by molar-refractivity contribution is -0.111. The van der Waals surface area contributed by atoms with E-state index in [-0.39, 0.29) is 16.9 Å². The smallest absolute Gasteiger partial charge is 0.268 e. The third-order valence-electron chi connectivity index (χ3n) is 1.94. The van der Waals surface area contributed by atoms with Gasteiger partial charge >= 0.3 is 0 Å². The van der Waals surface area contributed by atoms with E-state index in [0.717, 1.165) is 11.3 Å². The van der Waals surface area contributed by atoms with Crippen molar-refractivity contribution in [3.63, 3.8) is 0 Å². The zero-order valence-electron chi connectivity index (χ0n) is 8.53. The van der Waals surface area contributed by atoms with Crippen LogP contribution in [-0.2, 0) is 11.3 Å². The largest absolute Gasteiger partial charge is 0.298 e. The molecule has 0 saturated carbocycles. The minimum Gasteiger partial charge on any atom is -0.298 e. The maximum absolute atomic E-state index is 11.5. The number of rotatable bonds is 2. The van der Waals surface area contributed by atoms with Crippen molar-refractivity contribution in [2.45, 2.75) is 20.4 Å². The molecular formula is C10H10N2O2S. The Kier molecular flexibility index (Phi) is 3.22. The van der Waals surface area contributed by atoms with Crippen LogP contribution in [0, 0.1) is 11.3 Å². The molecule has 0 N–H and O–H groups in total. The Labute approximate surface area is 90.4 Å². The number of Topliss-reactive ketones (excluding diaryl/α,β-unsaturated/α-hetero) is 1. The fourth-order valence-corrected chi connectivity index (χ4v) is 2.25. The van der Waals surface area contributed by atoms with Crippen molar-refractivity contribution in [2.24, 2.45) is 0 Å². The molecule has 0 aliphatic rings. The fraction of sp³-hybridized carbons (Fsp3) is 0.300. The van der Waals surface area contributed by atoms with Gasteiger partial charge in [0, 0.05) is 6.54 Å². The van der Waals surface area contributed by atoms with Crippen molar-refractivity contribution >= 4 is 29.3 Å². The summed E-state index contributed by atoms with van der Waals surface area (Å²) >= 11 is 1.09. The Balaban J connectivity index is 3.87. The first-order chi connectivity index (χ1) is 7.02. The molecular weight excluding hydrogens is 212 g/mol. The maximum Gasteiger partial charge on any atom is 0.268 e. The van der Waals surface area contributed by atoms with Gasteiger partial charge in [0.05, 0.1) is 4.53 Å². The van der Waals surface area contributed by atoms with Crippen molar-refractivity contribution in [1.29, 1.82) is 5.26 Å². The van der Waals surface area contributed by atoms with Crippen molar-refractivity contribution in [3.05, 3.63) is 19.5 Å². The van der Waals surface area contributed by atoms with E-state index in [4.69, 9.17) is 5.26 Å². The summed E-state index contributed by atoms with van der Waals surface area (Å²) in [5, 5.41) is 8.83. The zero-order valence-corrected chi connectivity index (χ0v) is 9.35. The van der Waals surface area contributed by atoms with Gasteiger partial charge in [-0.15, -0.1) is 11.3 Å². The van der Waals surface area contributed by atoms with Gasteiger partial charge in [0.15, 0.2) is 5.78 Å². The summed E-state index contributed by atoms with van der Waals surface area (Å²) in [6.07, 6.45) is 0. The highest BCUT2D eigenvalue weighted by molar-refractivity contribution is 7.07. The van der Waals surface area contributed by atoms with E-state index in [1.54, 1.807) is 6.92 Å². The van der Waals surface area contributed by atoms with Crippen LogP contribution in [0.15, 0.2) is 4.79 Å². The topological polar surface area (TPSA) is 62.9 Å². The van der Waals surface area contributed by atoms with Gasteiger partial charge in [0.25, 0.3) is 5.56 Å². The van der Waals surface area contributed by atoms with Gasteiger partial charge < -0.3 is 0 Å². The number of aromatic nitrogens is 1. The van der Waals surface area contributed by atoms with E-state index in [1.807, 2.05) is 6.07 Å². The van der Waals surface area contributed by atoms with E-state index in [2.05, 4.69) is 6.58 Å². The lowest BCUT2D eigenvalue weighted by Gasteiger charge is -1.95. The molecule has 0 atom stereocenters. The van der Waals surface area contributed by atoms with Gasteiger partial charge in [0.1, 0.15) is 16.3 Å². The molecule has 0 spiro atoms. The van der Waals surface area contributed by atoms with Gasteiger partial charge in [-0.3, -0.25) is 14.2 Å². The number of hydrogen-bond donors (Lipinski definition) is 0.